The molecule has 0 heterocycles. The quantitative estimate of drug-likeness (QED) is 0.724. The number of carbonyl (C=O) groups excluding carboxylic acids is 1. The van der Waals surface area contributed by atoms with Crippen molar-refractivity contribution < 1.29 is 9.53 Å². The second kappa shape index (κ2) is 9.94. The Morgan fingerprint density at radius 1 is 1.08 bits per heavy atom. The van der Waals surface area contributed by atoms with Gasteiger partial charge in [-0.05, 0) is 49.8 Å². The predicted molar refractivity (Wildman–Crippen MR) is 106 cm³/mol. The van der Waals surface area contributed by atoms with Gasteiger partial charge in [-0.15, -0.1) is 0 Å². The highest BCUT2D eigenvalue weighted by atomic mass is 16.5. The molecule has 3 N–H and O–H groups in total. The third-order valence-electron chi connectivity index (χ3n) is 4.41. The molecule has 2 rings (SSSR count). The number of nitrogens with two attached hydrogens (primary N) is 1. The lowest BCUT2D eigenvalue weighted by molar-refractivity contribution is -0.117. The number of likely N-dealkylation sites (N-methyl/N-ethyl adjacent to an activating group) is 1. The van der Waals surface area contributed by atoms with Gasteiger partial charge in [0.1, 0.15) is 18.4 Å². The smallest absolute Gasteiger partial charge is 0.245 e. The van der Waals surface area contributed by atoms with E-state index >= 15 is 0 Å². The number of nitrogens with one attached hydrogen (secondary N) is 1. The van der Waals surface area contributed by atoms with Crippen LogP contribution in [0, 0.1) is 6.92 Å². The average Bonchev–Trinajstić information content (AvgIpc) is 2.66. The second-order valence-electron chi connectivity index (χ2n) is 6.28. The van der Waals surface area contributed by atoms with Crippen molar-refractivity contribution in [1.29, 1.82) is 0 Å². The molecule has 2 aromatic carbocycles. The summed E-state index contributed by atoms with van der Waals surface area (Å²) in [6.45, 7) is 9.87. The fraction of sp³-hybridized carbons (Fsp3) is 0.381. The Morgan fingerprint density at radius 3 is 2.27 bits per heavy atom. The fourth-order valence-corrected chi connectivity index (χ4v) is 2.61. The molecule has 0 aliphatic heterocycles. The Kier molecular flexibility index (Phi) is 7.63. The summed E-state index contributed by atoms with van der Waals surface area (Å²) < 4.78 is 5.75. The van der Waals surface area contributed by atoms with Gasteiger partial charge in [0.25, 0.3) is 0 Å². The van der Waals surface area contributed by atoms with Crippen LogP contribution < -0.4 is 15.8 Å². The number of rotatable bonds is 9. The molecule has 0 aliphatic rings. The molecule has 0 saturated heterocycles. The van der Waals surface area contributed by atoms with Crippen LogP contribution in [0.25, 0.3) is 0 Å². The molecule has 5 heteroatoms. The van der Waals surface area contributed by atoms with Crippen molar-refractivity contribution in [3.8, 4) is 5.75 Å². The first kappa shape index (κ1) is 19.9. The lowest BCUT2D eigenvalue weighted by Gasteiger charge is -2.18. The molecule has 1 atom stereocenters. The van der Waals surface area contributed by atoms with Crippen LogP contribution in [0.5, 0.6) is 5.75 Å². The monoisotopic (exact) mass is 355 g/mol. The third kappa shape index (κ3) is 5.86. The zero-order chi connectivity index (χ0) is 18.9. The largest absolute Gasteiger partial charge is 0.492 e. The Balaban J connectivity index is 1.86. The molecule has 0 fully saturated rings. The zero-order valence-corrected chi connectivity index (χ0v) is 15.9. The van der Waals surface area contributed by atoms with Gasteiger partial charge in [-0.1, -0.05) is 43.7 Å². The Hall–Kier alpha value is -2.37. The summed E-state index contributed by atoms with van der Waals surface area (Å²) in [5.41, 5.74) is 8.68. The minimum absolute atomic E-state index is 0.232. The lowest BCUT2D eigenvalue weighted by atomic mass is 10.1. The van der Waals surface area contributed by atoms with Crippen molar-refractivity contribution in [3.63, 3.8) is 0 Å². The van der Waals surface area contributed by atoms with E-state index in [2.05, 4.69) is 24.1 Å². The first-order chi connectivity index (χ1) is 12.5. The van der Waals surface area contributed by atoms with Crippen molar-refractivity contribution in [2.24, 2.45) is 5.73 Å². The van der Waals surface area contributed by atoms with E-state index in [1.54, 1.807) is 0 Å². The predicted octanol–water partition coefficient (Wildman–Crippen LogP) is 3.35. The van der Waals surface area contributed by atoms with Crippen LogP contribution in [-0.4, -0.2) is 37.0 Å². The summed E-state index contributed by atoms with van der Waals surface area (Å²) in [6, 6.07) is 14.3. The van der Waals surface area contributed by atoms with Gasteiger partial charge in [0.2, 0.25) is 5.91 Å². The van der Waals surface area contributed by atoms with E-state index in [9.17, 15) is 4.79 Å². The Morgan fingerprint density at radius 2 is 1.69 bits per heavy atom. The summed E-state index contributed by atoms with van der Waals surface area (Å²) in [5, 5.41) is 2.85. The lowest BCUT2D eigenvalue weighted by Crippen LogP contribution is -2.28. The van der Waals surface area contributed by atoms with Crippen molar-refractivity contribution in [3.05, 3.63) is 59.7 Å². The SMILES string of the molecule is CCN(CC)CCOc1ccc(NC(=O)C(N)c2ccc(C)cc2)cc1. The van der Waals surface area contributed by atoms with Crippen LogP contribution in [0.4, 0.5) is 5.69 Å². The number of carbonyl (C=O) groups is 1. The van der Waals surface area contributed by atoms with Crippen LogP contribution in [0.2, 0.25) is 0 Å². The first-order valence-electron chi connectivity index (χ1n) is 9.11. The van der Waals surface area contributed by atoms with Gasteiger partial charge in [0.15, 0.2) is 0 Å². The molecule has 0 saturated carbocycles. The summed E-state index contributed by atoms with van der Waals surface area (Å²) in [6.07, 6.45) is 0. The highest BCUT2D eigenvalue weighted by Gasteiger charge is 2.15. The third-order valence-corrected chi connectivity index (χ3v) is 4.41. The maximum atomic E-state index is 12.3. The average molecular weight is 355 g/mol. The summed E-state index contributed by atoms with van der Waals surface area (Å²) >= 11 is 0. The number of anilines is 1. The molecule has 0 aromatic heterocycles. The van der Waals surface area contributed by atoms with Gasteiger partial charge >= 0.3 is 0 Å². The molecular weight excluding hydrogens is 326 g/mol. The molecule has 1 unspecified atom stereocenters. The van der Waals surface area contributed by atoms with Crippen LogP contribution in [-0.2, 0) is 4.79 Å². The minimum Gasteiger partial charge on any atom is -0.492 e. The van der Waals surface area contributed by atoms with Crippen molar-refractivity contribution >= 4 is 11.6 Å². The van der Waals surface area contributed by atoms with E-state index in [0.29, 0.717) is 12.3 Å². The van der Waals surface area contributed by atoms with Gasteiger partial charge in [-0.25, -0.2) is 0 Å². The molecule has 1 amide bonds. The van der Waals surface area contributed by atoms with E-state index in [4.69, 9.17) is 10.5 Å². The van der Waals surface area contributed by atoms with Crippen LogP contribution in [0.3, 0.4) is 0 Å². The molecule has 26 heavy (non-hydrogen) atoms. The maximum absolute atomic E-state index is 12.3. The minimum atomic E-state index is -0.694. The van der Waals surface area contributed by atoms with Gasteiger partial charge in [-0.3, -0.25) is 4.79 Å². The molecule has 0 radical (unpaired) electrons. The van der Waals surface area contributed by atoms with Crippen molar-refractivity contribution in [2.75, 3.05) is 31.6 Å². The van der Waals surface area contributed by atoms with Gasteiger partial charge in [0.05, 0.1) is 0 Å². The molecule has 140 valence electrons. The number of aryl methyl sites for hydroxylation is 1. The maximum Gasteiger partial charge on any atom is 0.245 e. The molecule has 0 spiro atoms. The van der Waals surface area contributed by atoms with Gasteiger partial charge in [0, 0.05) is 12.2 Å². The summed E-state index contributed by atoms with van der Waals surface area (Å²) in [4.78, 5) is 14.6. The fourth-order valence-electron chi connectivity index (χ4n) is 2.61. The summed E-state index contributed by atoms with van der Waals surface area (Å²) in [5.74, 6) is 0.557. The number of hydrogen-bond acceptors (Lipinski definition) is 4. The van der Waals surface area contributed by atoms with E-state index < -0.39 is 6.04 Å². The second-order valence-corrected chi connectivity index (χ2v) is 6.28. The van der Waals surface area contributed by atoms with E-state index in [0.717, 1.165) is 36.5 Å². The highest BCUT2D eigenvalue weighted by Crippen LogP contribution is 2.18. The first-order valence-corrected chi connectivity index (χ1v) is 9.11. The van der Waals surface area contributed by atoms with Crippen LogP contribution >= 0.6 is 0 Å². The van der Waals surface area contributed by atoms with Crippen molar-refractivity contribution in [2.45, 2.75) is 26.8 Å². The molecule has 0 aliphatic carbocycles. The van der Waals surface area contributed by atoms with E-state index in [1.165, 1.54) is 0 Å². The highest BCUT2D eigenvalue weighted by molar-refractivity contribution is 5.95. The normalized spacial score (nSPS) is 12.0. The molecular formula is C21H29N3O2. The number of benzene rings is 2. The van der Waals surface area contributed by atoms with E-state index in [-0.39, 0.29) is 5.91 Å². The van der Waals surface area contributed by atoms with E-state index in [1.807, 2.05) is 55.5 Å². The number of nitrogens with zero attached hydrogens (tertiary/aromatic N) is 1. The number of ether oxygens (including phenoxy) is 1. The van der Waals surface area contributed by atoms with Crippen molar-refractivity contribution in [1.82, 2.24) is 4.90 Å². The van der Waals surface area contributed by atoms with Crippen LogP contribution in [0.1, 0.15) is 31.0 Å². The molecule has 0 bridgehead atoms. The molecule has 5 nitrogen and oxygen atoms in total. The molecule has 2 aromatic rings. The van der Waals surface area contributed by atoms with Crippen LogP contribution in [0.15, 0.2) is 48.5 Å². The van der Waals surface area contributed by atoms with Gasteiger partial charge < -0.3 is 20.7 Å². The number of hydrogen-bond donors (Lipinski definition) is 2. The topological polar surface area (TPSA) is 67.6 Å². The Bertz CT molecular complexity index is 679. The zero-order valence-electron chi connectivity index (χ0n) is 15.9. The Labute approximate surface area is 156 Å². The summed E-state index contributed by atoms with van der Waals surface area (Å²) in [7, 11) is 0. The van der Waals surface area contributed by atoms with Gasteiger partial charge in [-0.2, -0.15) is 0 Å². The standard InChI is InChI=1S/C21H29N3O2/c1-4-24(5-2)14-15-26-19-12-10-18(11-13-19)23-21(25)20(22)17-8-6-16(3)7-9-17/h6-13,20H,4-5,14-15,22H2,1-3H3,(H,23,25). The number of amides is 1.